The van der Waals surface area contributed by atoms with Crippen molar-refractivity contribution in [3.05, 3.63) is 97.8 Å². The van der Waals surface area contributed by atoms with Gasteiger partial charge in [0.15, 0.2) is 17.1 Å². The highest BCUT2D eigenvalue weighted by atomic mass is 79.9. The number of benzene rings is 3. The quantitative estimate of drug-likeness (QED) is 0.0953. The Hall–Kier alpha value is -4.30. The minimum Gasteiger partial charge on any atom is -0.497 e. The molecule has 0 bridgehead atoms. The topological polar surface area (TPSA) is 84.2 Å². The molecule has 194 valence electrons. The van der Waals surface area contributed by atoms with Gasteiger partial charge in [0.1, 0.15) is 22.8 Å². The van der Waals surface area contributed by atoms with E-state index in [0.29, 0.717) is 28.2 Å². The summed E-state index contributed by atoms with van der Waals surface area (Å²) < 4.78 is 27.7. The van der Waals surface area contributed by atoms with Gasteiger partial charge in [-0.15, -0.1) is 0 Å². The maximum Gasteiger partial charge on any atom is 0.347 e. The van der Waals surface area contributed by atoms with E-state index in [4.69, 9.17) is 23.4 Å². The summed E-state index contributed by atoms with van der Waals surface area (Å²) in [7, 11) is 6.20. The zero-order valence-corrected chi connectivity index (χ0v) is 22.8. The summed E-state index contributed by atoms with van der Waals surface area (Å²) in [6.45, 7) is 0. The van der Waals surface area contributed by atoms with Gasteiger partial charge in [0.05, 0.1) is 28.4 Å². The van der Waals surface area contributed by atoms with E-state index < -0.39 is 11.4 Å². The molecule has 0 amide bonds. The third-order valence-electron chi connectivity index (χ3n) is 5.82. The van der Waals surface area contributed by atoms with E-state index >= 15 is 0 Å². The van der Waals surface area contributed by atoms with Crippen molar-refractivity contribution in [2.75, 3.05) is 28.4 Å². The first kappa shape index (κ1) is 26.8. The molecule has 0 aliphatic heterocycles. The molecule has 4 aromatic rings. The number of ketones is 1. The third-order valence-corrected chi connectivity index (χ3v) is 6.28. The van der Waals surface area contributed by atoms with Crippen molar-refractivity contribution in [2.45, 2.75) is 0 Å². The van der Waals surface area contributed by atoms with Crippen molar-refractivity contribution in [1.29, 1.82) is 0 Å². The molecule has 8 heteroatoms. The monoisotopic (exact) mass is 576 g/mol. The minimum absolute atomic E-state index is 0.100. The van der Waals surface area contributed by atoms with Crippen LogP contribution >= 0.6 is 15.9 Å². The van der Waals surface area contributed by atoms with Crippen molar-refractivity contribution >= 4 is 50.9 Å². The van der Waals surface area contributed by atoms with Crippen LogP contribution < -0.4 is 24.6 Å². The van der Waals surface area contributed by atoms with Crippen LogP contribution in [0.5, 0.6) is 23.0 Å². The van der Waals surface area contributed by atoms with Crippen LogP contribution in [-0.4, -0.2) is 34.2 Å². The Kier molecular flexibility index (Phi) is 8.33. The molecule has 0 unspecified atom stereocenters. The molecule has 1 aromatic heterocycles. The molecule has 38 heavy (non-hydrogen) atoms. The van der Waals surface area contributed by atoms with Crippen LogP contribution in [0.15, 0.2) is 74.4 Å². The summed E-state index contributed by atoms with van der Waals surface area (Å²) in [5.41, 5.74) is 1.75. The number of carbonyl (C=O) groups is 1. The van der Waals surface area contributed by atoms with Gasteiger partial charge in [-0.3, -0.25) is 4.79 Å². The Bertz CT molecular complexity index is 1600. The Morgan fingerprint density at radius 3 is 2.16 bits per heavy atom. The van der Waals surface area contributed by atoms with E-state index in [1.165, 1.54) is 26.4 Å². The van der Waals surface area contributed by atoms with Gasteiger partial charge < -0.3 is 23.4 Å². The standard InChI is InChI=1S/C30H25BrO7/c1-34-22-9-6-18(7-10-22)5-8-19-14-23(35-2)17-27(36-3)24(19)11-12-26(32)25-15-20-13-21(31)16-28(37-4)29(20)38-30(25)33/h5-17H,1-4H3/b8-5?,12-11+. The van der Waals surface area contributed by atoms with Crippen LogP contribution in [0.4, 0.5) is 0 Å². The molecule has 0 fully saturated rings. The summed E-state index contributed by atoms with van der Waals surface area (Å²) in [5, 5.41) is 0.553. The third kappa shape index (κ3) is 5.81. The Morgan fingerprint density at radius 1 is 0.789 bits per heavy atom. The van der Waals surface area contributed by atoms with Crippen LogP contribution in [-0.2, 0) is 0 Å². The van der Waals surface area contributed by atoms with E-state index in [-0.39, 0.29) is 11.1 Å². The highest BCUT2D eigenvalue weighted by molar-refractivity contribution is 9.10. The smallest absolute Gasteiger partial charge is 0.347 e. The molecule has 1 heterocycles. The Morgan fingerprint density at radius 2 is 1.50 bits per heavy atom. The first-order valence-electron chi connectivity index (χ1n) is 11.5. The van der Waals surface area contributed by atoms with Gasteiger partial charge >= 0.3 is 5.63 Å². The average molecular weight is 577 g/mol. The van der Waals surface area contributed by atoms with Gasteiger partial charge in [-0.1, -0.05) is 40.2 Å². The van der Waals surface area contributed by atoms with Crippen LogP contribution in [0.25, 0.3) is 29.2 Å². The van der Waals surface area contributed by atoms with Crippen LogP contribution in [0.1, 0.15) is 27.0 Å². The van der Waals surface area contributed by atoms with E-state index in [9.17, 15) is 9.59 Å². The molecule has 0 saturated carbocycles. The van der Waals surface area contributed by atoms with Gasteiger partial charge in [-0.05, 0) is 59.7 Å². The number of halogens is 1. The number of hydrogen-bond acceptors (Lipinski definition) is 7. The largest absolute Gasteiger partial charge is 0.497 e. The number of hydrogen-bond donors (Lipinski definition) is 0. The Labute approximate surface area is 228 Å². The maximum absolute atomic E-state index is 13.1. The van der Waals surface area contributed by atoms with Gasteiger partial charge in [0.25, 0.3) is 0 Å². The zero-order valence-electron chi connectivity index (χ0n) is 21.2. The van der Waals surface area contributed by atoms with Crippen molar-refractivity contribution in [3.63, 3.8) is 0 Å². The van der Waals surface area contributed by atoms with Gasteiger partial charge in [-0.2, -0.15) is 0 Å². The highest BCUT2D eigenvalue weighted by Crippen LogP contribution is 2.32. The summed E-state index contributed by atoms with van der Waals surface area (Å²) >= 11 is 3.40. The van der Waals surface area contributed by atoms with Gasteiger partial charge in [-0.25, -0.2) is 4.79 Å². The van der Waals surface area contributed by atoms with E-state index in [2.05, 4.69) is 15.9 Å². The molecule has 0 N–H and O–H groups in total. The van der Waals surface area contributed by atoms with Gasteiger partial charge in [0.2, 0.25) is 0 Å². The predicted molar refractivity (Wildman–Crippen MR) is 152 cm³/mol. The molecule has 0 saturated heterocycles. The fourth-order valence-electron chi connectivity index (χ4n) is 3.87. The first-order valence-corrected chi connectivity index (χ1v) is 12.3. The lowest BCUT2D eigenvalue weighted by molar-refractivity contribution is 0.104. The van der Waals surface area contributed by atoms with Gasteiger partial charge in [0, 0.05) is 21.5 Å². The molecular weight excluding hydrogens is 552 g/mol. The molecule has 0 atom stereocenters. The van der Waals surface area contributed by atoms with Crippen molar-refractivity contribution in [1.82, 2.24) is 0 Å². The molecule has 0 spiro atoms. The molecule has 3 aromatic carbocycles. The maximum atomic E-state index is 13.1. The van der Waals surface area contributed by atoms with Crippen molar-refractivity contribution in [3.8, 4) is 23.0 Å². The summed E-state index contributed by atoms with van der Waals surface area (Å²) in [6, 6.07) is 16.1. The highest BCUT2D eigenvalue weighted by Gasteiger charge is 2.16. The Balaban J connectivity index is 1.73. The number of carbonyl (C=O) groups excluding carboxylic acids is 1. The van der Waals surface area contributed by atoms with Crippen LogP contribution in [0.3, 0.4) is 0 Å². The molecule has 0 radical (unpaired) electrons. The molecule has 4 rings (SSSR count). The SMILES string of the molecule is COc1ccc(C=Cc2cc(OC)cc(OC)c2/C=C/C(=O)c2cc3cc(Br)cc(OC)c3oc2=O)cc1. The summed E-state index contributed by atoms with van der Waals surface area (Å²) in [4.78, 5) is 25.8. The fourth-order valence-corrected chi connectivity index (χ4v) is 4.32. The predicted octanol–water partition coefficient (Wildman–Crippen LogP) is 6.66. The van der Waals surface area contributed by atoms with Crippen LogP contribution in [0, 0.1) is 0 Å². The lowest BCUT2D eigenvalue weighted by atomic mass is 10.0. The normalized spacial score (nSPS) is 11.3. The van der Waals surface area contributed by atoms with Crippen molar-refractivity contribution in [2.24, 2.45) is 0 Å². The number of allylic oxidation sites excluding steroid dienone is 1. The lowest BCUT2D eigenvalue weighted by Crippen LogP contribution is -2.12. The molecule has 0 aliphatic carbocycles. The van der Waals surface area contributed by atoms with E-state index in [1.807, 2.05) is 42.5 Å². The number of fused-ring (bicyclic) bond motifs is 1. The first-order chi connectivity index (χ1) is 18.4. The minimum atomic E-state index is -0.755. The lowest BCUT2D eigenvalue weighted by Gasteiger charge is -2.11. The second kappa shape index (κ2) is 11.8. The summed E-state index contributed by atoms with van der Waals surface area (Å²) in [5.74, 6) is 1.73. The number of rotatable bonds is 9. The molecular formula is C30H25BrO7. The number of ether oxygens (including phenoxy) is 4. The fraction of sp³-hybridized carbons (Fsp3) is 0.133. The average Bonchev–Trinajstić information content (AvgIpc) is 2.94. The molecule has 7 nitrogen and oxygen atoms in total. The van der Waals surface area contributed by atoms with E-state index in [1.54, 1.807) is 38.5 Å². The zero-order chi connectivity index (χ0) is 27.2. The van der Waals surface area contributed by atoms with E-state index in [0.717, 1.165) is 21.3 Å². The summed E-state index contributed by atoms with van der Waals surface area (Å²) in [6.07, 6.45) is 6.75. The van der Waals surface area contributed by atoms with Crippen molar-refractivity contribution < 1.29 is 28.2 Å². The second-order valence-electron chi connectivity index (χ2n) is 8.11. The van der Waals surface area contributed by atoms with Crippen LogP contribution in [0.2, 0.25) is 0 Å². The second-order valence-corrected chi connectivity index (χ2v) is 9.03. The molecule has 0 aliphatic rings. The number of methoxy groups -OCH3 is 4.